The number of rotatable bonds is 3. The van der Waals surface area contributed by atoms with Gasteiger partial charge in [0.05, 0.1) is 16.8 Å². The summed E-state index contributed by atoms with van der Waals surface area (Å²) in [4.78, 5) is 0. The van der Waals surface area contributed by atoms with Crippen LogP contribution in [0.5, 0.6) is 0 Å². The van der Waals surface area contributed by atoms with Crippen LogP contribution in [0.25, 0.3) is 17.7 Å². The first-order valence-corrected chi connectivity index (χ1v) is 9.50. The summed E-state index contributed by atoms with van der Waals surface area (Å²) in [5.74, 6) is 0. The van der Waals surface area contributed by atoms with Crippen molar-refractivity contribution in [2.75, 3.05) is 0 Å². The SMILES string of the molecule is O=S(=O)(O)C=Cc1n[nH]c2c1CCCCC2=Cc1ccc(Cl)cc1. The Hall–Kier alpha value is -1.89. The number of fused-ring (bicyclic) bond motifs is 1. The molecule has 1 aliphatic carbocycles. The fourth-order valence-electron chi connectivity index (χ4n) is 2.83. The number of nitrogens with zero attached hydrogens (tertiary/aromatic N) is 1. The Bertz CT molecular complexity index is 896. The van der Waals surface area contributed by atoms with Crippen molar-refractivity contribution in [1.29, 1.82) is 0 Å². The lowest BCUT2D eigenvalue weighted by Gasteiger charge is -2.04. The van der Waals surface area contributed by atoms with Crippen molar-refractivity contribution in [2.24, 2.45) is 0 Å². The summed E-state index contributed by atoms with van der Waals surface area (Å²) >= 11 is 5.92. The number of hydrogen-bond donors (Lipinski definition) is 2. The van der Waals surface area contributed by atoms with Gasteiger partial charge >= 0.3 is 0 Å². The maximum absolute atomic E-state index is 10.9. The van der Waals surface area contributed by atoms with E-state index in [2.05, 4.69) is 16.3 Å². The van der Waals surface area contributed by atoms with Gasteiger partial charge in [-0.1, -0.05) is 23.7 Å². The molecule has 0 amide bonds. The number of aromatic amines is 1. The van der Waals surface area contributed by atoms with Gasteiger partial charge in [0.25, 0.3) is 10.1 Å². The highest BCUT2D eigenvalue weighted by atomic mass is 35.5. The van der Waals surface area contributed by atoms with E-state index in [1.165, 1.54) is 6.08 Å². The number of H-pyrrole nitrogens is 1. The van der Waals surface area contributed by atoms with E-state index < -0.39 is 10.1 Å². The zero-order valence-corrected chi connectivity index (χ0v) is 14.4. The van der Waals surface area contributed by atoms with E-state index in [4.69, 9.17) is 16.2 Å². The molecule has 0 aliphatic heterocycles. The van der Waals surface area contributed by atoms with Gasteiger partial charge in [-0.25, -0.2) is 0 Å². The van der Waals surface area contributed by atoms with Gasteiger partial charge in [-0.2, -0.15) is 13.5 Å². The molecule has 2 N–H and O–H groups in total. The molecule has 0 saturated heterocycles. The van der Waals surface area contributed by atoms with Gasteiger partial charge in [0.2, 0.25) is 0 Å². The Morgan fingerprint density at radius 3 is 2.58 bits per heavy atom. The van der Waals surface area contributed by atoms with Crippen molar-refractivity contribution in [3.05, 3.63) is 57.2 Å². The minimum absolute atomic E-state index is 0.548. The Balaban J connectivity index is 1.99. The average Bonchev–Trinajstić information content (AvgIpc) is 2.82. The van der Waals surface area contributed by atoms with E-state index in [0.717, 1.165) is 53.5 Å². The Kier molecular flexibility index (Phi) is 4.89. The Morgan fingerprint density at radius 2 is 1.88 bits per heavy atom. The smallest absolute Gasteiger partial charge is 0.282 e. The van der Waals surface area contributed by atoms with E-state index in [0.29, 0.717) is 10.7 Å². The summed E-state index contributed by atoms with van der Waals surface area (Å²) < 4.78 is 30.7. The molecule has 7 heteroatoms. The second-order valence-electron chi connectivity index (χ2n) is 5.71. The number of halogens is 1. The third-order valence-electron chi connectivity index (χ3n) is 3.95. The van der Waals surface area contributed by atoms with Crippen LogP contribution >= 0.6 is 11.6 Å². The van der Waals surface area contributed by atoms with Crippen molar-refractivity contribution in [3.63, 3.8) is 0 Å². The van der Waals surface area contributed by atoms with Gasteiger partial charge in [-0.15, -0.1) is 0 Å². The maximum Gasteiger partial charge on any atom is 0.287 e. The predicted octanol–water partition coefficient (Wildman–Crippen LogP) is 4.19. The van der Waals surface area contributed by atoms with E-state index >= 15 is 0 Å². The van der Waals surface area contributed by atoms with Crippen molar-refractivity contribution in [2.45, 2.75) is 25.7 Å². The second kappa shape index (κ2) is 6.93. The highest BCUT2D eigenvalue weighted by molar-refractivity contribution is 7.88. The second-order valence-corrected chi connectivity index (χ2v) is 7.45. The van der Waals surface area contributed by atoms with Crippen LogP contribution in [0.3, 0.4) is 0 Å². The van der Waals surface area contributed by atoms with Crippen LogP contribution in [0, 0.1) is 0 Å². The first-order valence-electron chi connectivity index (χ1n) is 7.62. The third kappa shape index (κ3) is 4.14. The summed E-state index contributed by atoms with van der Waals surface area (Å²) in [5.41, 5.74) is 4.63. The summed E-state index contributed by atoms with van der Waals surface area (Å²) in [5, 5.41) is 8.66. The van der Waals surface area contributed by atoms with Gasteiger partial charge in [0.15, 0.2) is 0 Å². The number of hydrogen-bond acceptors (Lipinski definition) is 3. The fraction of sp³-hybridized carbons (Fsp3) is 0.235. The number of benzene rings is 1. The van der Waals surface area contributed by atoms with Crippen molar-refractivity contribution in [3.8, 4) is 0 Å². The molecule has 2 aromatic rings. The molecule has 24 heavy (non-hydrogen) atoms. The van der Waals surface area contributed by atoms with Crippen LogP contribution in [-0.4, -0.2) is 23.2 Å². The molecule has 0 radical (unpaired) electrons. The largest absolute Gasteiger partial charge is 0.287 e. The lowest BCUT2D eigenvalue weighted by Crippen LogP contribution is -1.91. The maximum atomic E-state index is 10.9. The predicted molar refractivity (Wildman–Crippen MR) is 96.0 cm³/mol. The molecular formula is C17H17ClN2O3S. The lowest BCUT2D eigenvalue weighted by molar-refractivity contribution is 0.494. The van der Waals surface area contributed by atoms with Crippen LogP contribution in [-0.2, 0) is 16.5 Å². The molecule has 1 heterocycles. The minimum Gasteiger partial charge on any atom is -0.282 e. The van der Waals surface area contributed by atoms with Gasteiger partial charge in [0, 0.05) is 10.6 Å². The highest BCUT2D eigenvalue weighted by Crippen LogP contribution is 2.32. The normalized spacial score (nSPS) is 17.2. The summed E-state index contributed by atoms with van der Waals surface area (Å²) in [6.45, 7) is 0. The highest BCUT2D eigenvalue weighted by Gasteiger charge is 2.18. The van der Waals surface area contributed by atoms with Gasteiger partial charge in [0.1, 0.15) is 0 Å². The minimum atomic E-state index is -4.16. The molecule has 3 rings (SSSR count). The molecule has 0 spiro atoms. The molecule has 0 fully saturated rings. The van der Waals surface area contributed by atoms with Crippen molar-refractivity contribution in [1.82, 2.24) is 10.2 Å². The quantitative estimate of drug-likeness (QED) is 0.632. The molecule has 126 valence electrons. The van der Waals surface area contributed by atoms with Crippen LogP contribution in [0.15, 0.2) is 29.7 Å². The Morgan fingerprint density at radius 1 is 1.17 bits per heavy atom. The van der Waals surface area contributed by atoms with E-state index in [9.17, 15) is 8.42 Å². The molecule has 0 unspecified atom stereocenters. The topological polar surface area (TPSA) is 83.1 Å². The molecular weight excluding hydrogens is 348 g/mol. The number of nitrogens with one attached hydrogen (secondary N) is 1. The summed E-state index contributed by atoms with van der Waals surface area (Å²) in [6.07, 6.45) is 7.19. The van der Waals surface area contributed by atoms with E-state index in [-0.39, 0.29) is 0 Å². The lowest BCUT2D eigenvalue weighted by atomic mass is 10.0. The standard InChI is InChI=1S/C17H17ClN2O3S/c18-14-7-5-12(6-8-14)11-13-3-1-2-4-15-16(19-20-17(13)15)9-10-24(21,22)23/h5-11H,1-4H2,(H,19,20)(H,21,22,23). The fourth-order valence-corrected chi connectivity index (χ4v) is 3.26. The zero-order chi connectivity index (χ0) is 17.2. The van der Waals surface area contributed by atoms with Crippen molar-refractivity contribution < 1.29 is 13.0 Å². The Labute approximate surface area is 145 Å². The van der Waals surface area contributed by atoms with Gasteiger partial charge in [-0.05, 0) is 61.1 Å². The van der Waals surface area contributed by atoms with E-state index in [1.54, 1.807) is 0 Å². The molecule has 1 aromatic carbocycles. The summed E-state index contributed by atoms with van der Waals surface area (Å²) in [7, 11) is -4.16. The first kappa shape index (κ1) is 17.0. The van der Waals surface area contributed by atoms with Crippen LogP contribution < -0.4 is 0 Å². The zero-order valence-electron chi connectivity index (χ0n) is 12.9. The first-order chi connectivity index (χ1) is 11.4. The third-order valence-corrected chi connectivity index (χ3v) is 4.68. The van der Waals surface area contributed by atoms with Crippen LogP contribution in [0.2, 0.25) is 5.02 Å². The van der Waals surface area contributed by atoms with Crippen LogP contribution in [0.1, 0.15) is 41.8 Å². The molecule has 1 aromatic heterocycles. The van der Waals surface area contributed by atoms with Gasteiger partial charge in [-0.3, -0.25) is 9.65 Å². The van der Waals surface area contributed by atoms with Crippen LogP contribution in [0.4, 0.5) is 0 Å². The molecule has 0 saturated carbocycles. The molecule has 1 aliphatic rings. The van der Waals surface area contributed by atoms with Gasteiger partial charge < -0.3 is 0 Å². The molecule has 0 atom stereocenters. The number of aromatic nitrogens is 2. The monoisotopic (exact) mass is 364 g/mol. The number of allylic oxidation sites excluding steroid dienone is 1. The molecule has 0 bridgehead atoms. The van der Waals surface area contributed by atoms with E-state index in [1.807, 2.05) is 24.3 Å². The average molecular weight is 365 g/mol. The van der Waals surface area contributed by atoms with Crippen molar-refractivity contribution >= 4 is 39.4 Å². The molecule has 5 nitrogen and oxygen atoms in total. The summed E-state index contributed by atoms with van der Waals surface area (Å²) in [6, 6.07) is 7.60.